The summed E-state index contributed by atoms with van der Waals surface area (Å²) in [5.41, 5.74) is 8.87. The van der Waals surface area contributed by atoms with Crippen molar-refractivity contribution in [3.05, 3.63) is 5.69 Å². The molecule has 0 unspecified atom stereocenters. The number of fused-ring (bicyclic) bond motifs is 1. The lowest BCUT2D eigenvalue weighted by Gasteiger charge is -2.20. The van der Waals surface area contributed by atoms with E-state index >= 15 is 0 Å². The summed E-state index contributed by atoms with van der Waals surface area (Å²) in [4.78, 5) is 6.74. The molecule has 0 spiro atoms. The molecule has 0 saturated heterocycles. The largest absolute Gasteiger partial charge is 0.369 e. The molecule has 2 rings (SSSR count). The minimum atomic E-state index is 0.569. The second kappa shape index (κ2) is 5.21. The maximum Gasteiger partial charge on any atom is 0.202 e. The lowest BCUT2D eigenvalue weighted by molar-refractivity contribution is 0.266. The van der Waals surface area contributed by atoms with E-state index in [1.54, 1.807) is 0 Å². The van der Waals surface area contributed by atoms with Gasteiger partial charge in [-0.2, -0.15) is 5.10 Å². The lowest BCUT2D eigenvalue weighted by atomic mass is 10.3. The summed E-state index contributed by atoms with van der Waals surface area (Å²) < 4.78 is 3.92. The number of anilines is 1. The normalized spacial score (nSPS) is 12.2. The molecule has 6 heteroatoms. The fraction of sp³-hybridized carbons (Fsp3) is 0.692. The molecule has 2 aromatic heterocycles. The summed E-state index contributed by atoms with van der Waals surface area (Å²) in [5.74, 6) is 0.582. The molecular formula is C13H24N6. The second-order valence-electron chi connectivity index (χ2n) is 5.43. The van der Waals surface area contributed by atoms with Crippen LogP contribution in [0.3, 0.4) is 0 Å². The molecule has 2 heterocycles. The number of nitrogens with zero attached hydrogens (tertiary/aromatic N) is 5. The van der Waals surface area contributed by atoms with Crippen molar-refractivity contribution in [3.63, 3.8) is 0 Å². The maximum absolute atomic E-state index is 6.01. The highest BCUT2D eigenvalue weighted by Crippen LogP contribution is 2.20. The van der Waals surface area contributed by atoms with Crippen LogP contribution < -0.4 is 5.73 Å². The zero-order valence-electron chi connectivity index (χ0n) is 12.5. The van der Waals surface area contributed by atoms with Crippen LogP contribution in [0.2, 0.25) is 0 Å². The molecule has 0 bridgehead atoms. The number of hydrogen-bond acceptors (Lipinski definition) is 4. The lowest BCUT2D eigenvalue weighted by Crippen LogP contribution is -2.28. The molecule has 0 atom stereocenters. The summed E-state index contributed by atoms with van der Waals surface area (Å²) in [7, 11) is 4.08. The standard InChI is InChI=1S/C13H24N6/c1-9(2)17(4)7-6-8-19-12-11(15-13(19)14)10(3)16-18(12)5/h9H,6-8H2,1-5H3,(H2,14,15). The Balaban J connectivity index is 2.14. The number of aryl methyl sites for hydroxylation is 3. The van der Waals surface area contributed by atoms with Crippen molar-refractivity contribution in [2.75, 3.05) is 19.3 Å². The van der Waals surface area contributed by atoms with Crippen LogP contribution in [0.1, 0.15) is 26.0 Å². The first kappa shape index (κ1) is 13.9. The molecule has 19 heavy (non-hydrogen) atoms. The van der Waals surface area contributed by atoms with E-state index in [0.717, 1.165) is 36.4 Å². The van der Waals surface area contributed by atoms with Crippen molar-refractivity contribution >= 4 is 17.1 Å². The first-order valence-corrected chi connectivity index (χ1v) is 6.77. The Kier molecular flexibility index (Phi) is 3.80. The molecule has 0 fully saturated rings. The number of hydrogen-bond donors (Lipinski definition) is 1. The smallest absolute Gasteiger partial charge is 0.202 e. The van der Waals surface area contributed by atoms with Gasteiger partial charge in [-0.25, -0.2) is 4.98 Å². The Bertz CT molecular complexity index is 565. The molecular weight excluding hydrogens is 240 g/mol. The fourth-order valence-corrected chi connectivity index (χ4v) is 2.31. The van der Waals surface area contributed by atoms with Crippen LogP contribution in [0.25, 0.3) is 11.2 Å². The predicted octanol–water partition coefficient (Wildman–Crippen LogP) is 1.39. The van der Waals surface area contributed by atoms with E-state index in [1.807, 2.05) is 18.7 Å². The van der Waals surface area contributed by atoms with Gasteiger partial charge in [-0.15, -0.1) is 0 Å². The third-order valence-electron chi connectivity index (χ3n) is 3.69. The molecule has 0 aromatic carbocycles. The van der Waals surface area contributed by atoms with Gasteiger partial charge in [0.05, 0.1) is 5.69 Å². The fourth-order valence-electron chi connectivity index (χ4n) is 2.31. The molecule has 0 aliphatic rings. The molecule has 0 amide bonds. The molecule has 0 radical (unpaired) electrons. The van der Waals surface area contributed by atoms with Crippen molar-refractivity contribution in [3.8, 4) is 0 Å². The minimum Gasteiger partial charge on any atom is -0.369 e. The van der Waals surface area contributed by atoms with Gasteiger partial charge in [-0.1, -0.05) is 0 Å². The van der Waals surface area contributed by atoms with Crippen LogP contribution >= 0.6 is 0 Å². The van der Waals surface area contributed by atoms with Crippen molar-refractivity contribution in [2.24, 2.45) is 7.05 Å². The second-order valence-corrected chi connectivity index (χ2v) is 5.43. The van der Waals surface area contributed by atoms with Gasteiger partial charge < -0.3 is 10.6 Å². The molecule has 6 nitrogen and oxygen atoms in total. The molecule has 0 aliphatic carbocycles. The Morgan fingerprint density at radius 1 is 1.37 bits per heavy atom. The van der Waals surface area contributed by atoms with Crippen molar-refractivity contribution in [1.82, 2.24) is 24.2 Å². The quantitative estimate of drug-likeness (QED) is 0.886. The minimum absolute atomic E-state index is 0.569. The van der Waals surface area contributed by atoms with Crippen LogP contribution in [-0.2, 0) is 13.6 Å². The topological polar surface area (TPSA) is 64.9 Å². The summed E-state index contributed by atoms with van der Waals surface area (Å²) in [6.45, 7) is 8.29. The van der Waals surface area contributed by atoms with Crippen LogP contribution in [0.4, 0.5) is 5.95 Å². The Hall–Kier alpha value is -1.56. The summed E-state index contributed by atoms with van der Waals surface area (Å²) in [5, 5.41) is 4.39. The van der Waals surface area contributed by atoms with Gasteiger partial charge in [-0.05, 0) is 40.8 Å². The molecule has 2 aromatic rings. The third kappa shape index (κ3) is 2.58. The number of rotatable bonds is 5. The van der Waals surface area contributed by atoms with Gasteiger partial charge in [-0.3, -0.25) is 9.25 Å². The van der Waals surface area contributed by atoms with E-state index in [0.29, 0.717) is 12.0 Å². The maximum atomic E-state index is 6.01. The van der Waals surface area contributed by atoms with Gasteiger partial charge in [0.2, 0.25) is 5.95 Å². The SMILES string of the molecule is Cc1nn(C)c2c1nc(N)n2CCCN(C)C(C)C. The highest BCUT2D eigenvalue weighted by atomic mass is 15.3. The summed E-state index contributed by atoms with van der Waals surface area (Å²) >= 11 is 0. The monoisotopic (exact) mass is 264 g/mol. The number of aromatic nitrogens is 4. The van der Waals surface area contributed by atoms with E-state index in [9.17, 15) is 0 Å². The number of imidazole rings is 1. The summed E-state index contributed by atoms with van der Waals surface area (Å²) in [6, 6.07) is 0.569. The molecule has 106 valence electrons. The van der Waals surface area contributed by atoms with E-state index in [2.05, 4.69) is 40.4 Å². The van der Waals surface area contributed by atoms with Crippen molar-refractivity contribution < 1.29 is 0 Å². The van der Waals surface area contributed by atoms with Crippen molar-refractivity contribution in [2.45, 2.75) is 39.8 Å². The number of nitrogens with two attached hydrogens (primary N) is 1. The van der Waals surface area contributed by atoms with Crippen LogP contribution in [0.15, 0.2) is 0 Å². The Labute approximate surface area is 114 Å². The van der Waals surface area contributed by atoms with Crippen LogP contribution in [0.5, 0.6) is 0 Å². The first-order valence-electron chi connectivity index (χ1n) is 6.77. The van der Waals surface area contributed by atoms with E-state index in [4.69, 9.17) is 5.73 Å². The van der Waals surface area contributed by atoms with E-state index in [-0.39, 0.29) is 0 Å². The van der Waals surface area contributed by atoms with E-state index in [1.165, 1.54) is 0 Å². The summed E-state index contributed by atoms with van der Waals surface area (Å²) in [6.07, 6.45) is 1.05. The third-order valence-corrected chi connectivity index (χ3v) is 3.69. The van der Waals surface area contributed by atoms with Gasteiger partial charge in [0.25, 0.3) is 0 Å². The first-order chi connectivity index (χ1) is 8.91. The van der Waals surface area contributed by atoms with Gasteiger partial charge in [0, 0.05) is 19.6 Å². The molecule has 2 N–H and O–H groups in total. The Morgan fingerprint density at radius 2 is 2.05 bits per heavy atom. The van der Waals surface area contributed by atoms with Crippen molar-refractivity contribution in [1.29, 1.82) is 0 Å². The zero-order valence-corrected chi connectivity index (χ0v) is 12.5. The van der Waals surface area contributed by atoms with E-state index < -0.39 is 0 Å². The van der Waals surface area contributed by atoms with Gasteiger partial charge >= 0.3 is 0 Å². The molecule has 0 saturated carbocycles. The Morgan fingerprint density at radius 3 is 2.68 bits per heavy atom. The van der Waals surface area contributed by atoms with Gasteiger partial charge in [0.1, 0.15) is 5.52 Å². The average molecular weight is 264 g/mol. The van der Waals surface area contributed by atoms with Gasteiger partial charge in [0.15, 0.2) is 5.65 Å². The highest BCUT2D eigenvalue weighted by Gasteiger charge is 2.15. The van der Waals surface area contributed by atoms with Crippen LogP contribution in [-0.4, -0.2) is 43.9 Å². The predicted molar refractivity (Wildman–Crippen MR) is 78.0 cm³/mol. The number of nitrogen functional groups attached to an aromatic ring is 1. The average Bonchev–Trinajstić information content (AvgIpc) is 2.79. The molecule has 0 aliphatic heterocycles. The van der Waals surface area contributed by atoms with Crippen LogP contribution in [0, 0.1) is 6.92 Å². The highest BCUT2D eigenvalue weighted by molar-refractivity contribution is 5.77. The zero-order chi connectivity index (χ0) is 14.2.